The zero-order valence-corrected chi connectivity index (χ0v) is 10.6. The van der Waals surface area contributed by atoms with Gasteiger partial charge in [0.2, 0.25) is 0 Å². The maximum absolute atomic E-state index is 11.7. The molecule has 0 aliphatic carbocycles. The predicted molar refractivity (Wildman–Crippen MR) is 63.9 cm³/mol. The highest BCUT2D eigenvalue weighted by Crippen LogP contribution is 2.16. The van der Waals surface area contributed by atoms with Gasteiger partial charge in [-0.1, -0.05) is 0 Å². The van der Waals surface area contributed by atoms with Crippen LogP contribution in [0.4, 0.5) is 0 Å². The maximum atomic E-state index is 11.7. The van der Waals surface area contributed by atoms with E-state index in [0.29, 0.717) is 0 Å². The van der Waals surface area contributed by atoms with Crippen molar-refractivity contribution in [2.45, 2.75) is 0 Å². The lowest BCUT2D eigenvalue weighted by atomic mass is 10.0. The van der Waals surface area contributed by atoms with E-state index < -0.39 is 38.3 Å². The highest BCUT2D eigenvalue weighted by Gasteiger charge is 2.22. The molecule has 0 aliphatic rings. The highest BCUT2D eigenvalue weighted by atomic mass is 16.6. The Hall–Kier alpha value is -2.49. The van der Waals surface area contributed by atoms with Crippen LogP contribution in [-0.2, 0) is 14.2 Å². The van der Waals surface area contributed by atoms with E-state index in [1.165, 1.54) is 0 Å². The lowest BCUT2D eigenvalue weighted by Gasteiger charge is -2.09. The lowest BCUT2D eigenvalue weighted by molar-refractivity contribution is 0.00204. The van der Waals surface area contributed by atoms with Gasteiger partial charge in [0.05, 0.1) is 16.7 Å². The quantitative estimate of drug-likeness (QED) is 0.343. The molecule has 0 amide bonds. The van der Waals surface area contributed by atoms with Gasteiger partial charge in [0, 0.05) is 0 Å². The monoisotopic (exact) mass is 300 g/mol. The summed E-state index contributed by atoms with van der Waals surface area (Å²) in [6.07, 6.45) is 0. The molecule has 0 bridgehead atoms. The van der Waals surface area contributed by atoms with Crippen LogP contribution < -0.4 is 0 Å². The molecule has 0 atom stereocenters. The number of carbonyl (C=O) groups excluding carboxylic acids is 3. The first-order valence-corrected chi connectivity index (χ1v) is 5.53. The van der Waals surface area contributed by atoms with Gasteiger partial charge < -0.3 is 29.5 Å². The molecule has 114 valence electrons. The molecule has 1 aromatic carbocycles. The second kappa shape index (κ2) is 7.94. The van der Waals surface area contributed by atoms with Gasteiger partial charge in [-0.15, -0.1) is 0 Å². The summed E-state index contributed by atoms with van der Waals surface area (Å²) in [5.41, 5.74) is -0.771. The van der Waals surface area contributed by atoms with Gasteiger partial charge >= 0.3 is 17.9 Å². The summed E-state index contributed by atoms with van der Waals surface area (Å²) in [5, 5.41) is 25.6. The molecule has 0 saturated carbocycles. The van der Waals surface area contributed by atoms with Crippen molar-refractivity contribution in [1.82, 2.24) is 0 Å². The number of aliphatic hydroxyl groups is 3. The molecule has 0 saturated heterocycles. The molecule has 9 nitrogen and oxygen atoms in total. The van der Waals surface area contributed by atoms with E-state index in [-0.39, 0.29) is 16.7 Å². The second-order valence-corrected chi connectivity index (χ2v) is 3.44. The Labute approximate surface area is 118 Å². The molecular weight excluding hydrogens is 288 g/mol. The Morgan fingerprint density at radius 3 is 1.76 bits per heavy atom. The molecule has 3 N–H and O–H groups in total. The first-order chi connectivity index (χ1) is 10.0. The molecular formula is C12H12O9. The van der Waals surface area contributed by atoms with Gasteiger partial charge in [-0.25, -0.2) is 14.4 Å². The van der Waals surface area contributed by atoms with E-state index in [0.717, 1.165) is 18.2 Å². The average molecular weight is 300 g/mol. The van der Waals surface area contributed by atoms with Gasteiger partial charge in [-0.2, -0.15) is 0 Å². The van der Waals surface area contributed by atoms with Crippen molar-refractivity contribution < 1.29 is 43.9 Å². The fraction of sp³-hybridized carbons (Fsp3) is 0.250. The van der Waals surface area contributed by atoms with Crippen LogP contribution in [-0.4, -0.2) is 53.6 Å². The largest absolute Gasteiger partial charge is 0.435 e. The van der Waals surface area contributed by atoms with Gasteiger partial charge in [0.15, 0.2) is 20.4 Å². The number of esters is 3. The topological polar surface area (TPSA) is 140 Å². The lowest BCUT2D eigenvalue weighted by Crippen LogP contribution is -2.16. The van der Waals surface area contributed by atoms with Crippen LogP contribution in [0.2, 0.25) is 0 Å². The van der Waals surface area contributed by atoms with Crippen molar-refractivity contribution in [2.75, 3.05) is 20.4 Å². The van der Waals surface area contributed by atoms with Gasteiger partial charge in [0.1, 0.15) is 0 Å². The molecule has 0 aromatic heterocycles. The van der Waals surface area contributed by atoms with E-state index in [4.69, 9.17) is 15.3 Å². The van der Waals surface area contributed by atoms with E-state index in [9.17, 15) is 14.4 Å². The Kier molecular flexibility index (Phi) is 6.27. The third kappa shape index (κ3) is 4.24. The van der Waals surface area contributed by atoms with Crippen molar-refractivity contribution >= 4 is 17.9 Å². The number of ether oxygens (including phenoxy) is 3. The standard InChI is InChI=1S/C12H12O9/c13-4-19-10(16)7-1-2-8(11(17)20-5-14)9(3-7)12(18)21-6-15/h1-3,13-15H,4-6H2. The van der Waals surface area contributed by atoms with Gasteiger partial charge in [-0.05, 0) is 18.2 Å². The van der Waals surface area contributed by atoms with Crippen molar-refractivity contribution in [3.63, 3.8) is 0 Å². The van der Waals surface area contributed by atoms with E-state index in [1.54, 1.807) is 0 Å². The van der Waals surface area contributed by atoms with Crippen LogP contribution in [0.25, 0.3) is 0 Å². The zero-order valence-electron chi connectivity index (χ0n) is 10.6. The minimum atomic E-state index is -1.08. The van der Waals surface area contributed by atoms with Crippen molar-refractivity contribution in [1.29, 1.82) is 0 Å². The first-order valence-electron chi connectivity index (χ1n) is 5.53. The van der Waals surface area contributed by atoms with Crippen LogP contribution in [0, 0.1) is 0 Å². The fourth-order valence-corrected chi connectivity index (χ4v) is 1.43. The molecule has 9 heteroatoms. The molecule has 21 heavy (non-hydrogen) atoms. The Balaban J connectivity index is 3.22. The minimum Gasteiger partial charge on any atom is -0.435 e. The summed E-state index contributed by atoms with van der Waals surface area (Å²) in [6.45, 7) is -2.69. The normalized spacial score (nSPS) is 9.86. The summed E-state index contributed by atoms with van der Waals surface area (Å²) in [6, 6.07) is 3.21. The molecule has 1 rings (SSSR count). The Morgan fingerprint density at radius 1 is 0.762 bits per heavy atom. The Morgan fingerprint density at radius 2 is 1.24 bits per heavy atom. The van der Waals surface area contributed by atoms with Crippen molar-refractivity contribution in [3.8, 4) is 0 Å². The van der Waals surface area contributed by atoms with Gasteiger partial charge in [-0.3, -0.25) is 0 Å². The number of carbonyl (C=O) groups is 3. The van der Waals surface area contributed by atoms with Crippen molar-refractivity contribution in [2.24, 2.45) is 0 Å². The summed E-state index contributed by atoms with van der Waals surface area (Å²) in [5.74, 6) is -3.04. The molecule has 0 fully saturated rings. The van der Waals surface area contributed by atoms with Gasteiger partial charge in [0.25, 0.3) is 0 Å². The number of hydrogen-bond donors (Lipinski definition) is 3. The fourth-order valence-electron chi connectivity index (χ4n) is 1.43. The van der Waals surface area contributed by atoms with E-state index in [2.05, 4.69) is 14.2 Å². The summed E-state index contributed by atoms with van der Waals surface area (Å²) >= 11 is 0. The van der Waals surface area contributed by atoms with Crippen molar-refractivity contribution in [3.05, 3.63) is 34.9 Å². The minimum absolute atomic E-state index is 0.130. The highest BCUT2D eigenvalue weighted by molar-refractivity contribution is 6.05. The van der Waals surface area contributed by atoms with Crippen LogP contribution in [0.15, 0.2) is 18.2 Å². The smallest absolute Gasteiger partial charge is 0.341 e. The maximum Gasteiger partial charge on any atom is 0.341 e. The number of aliphatic hydroxyl groups excluding tert-OH is 3. The van der Waals surface area contributed by atoms with E-state index >= 15 is 0 Å². The first kappa shape index (κ1) is 16.6. The summed E-state index contributed by atoms with van der Waals surface area (Å²) < 4.78 is 13.0. The number of hydrogen-bond acceptors (Lipinski definition) is 9. The molecule has 1 aromatic rings. The van der Waals surface area contributed by atoms with E-state index in [1.807, 2.05) is 0 Å². The SMILES string of the molecule is O=C(OCO)c1ccc(C(=O)OCO)c(C(=O)OCO)c1. The predicted octanol–water partition coefficient (Wildman–Crippen LogP) is -0.994. The number of rotatable bonds is 6. The van der Waals surface area contributed by atoms with Crippen LogP contribution in [0.5, 0.6) is 0 Å². The summed E-state index contributed by atoms with van der Waals surface area (Å²) in [4.78, 5) is 34.7. The molecule has 0 unspecified atom stereocenters. The molecule has 0 aliphatic heterocycles. The summed E-state index contributed by atoms with van der Waals surface area (Å²) in [7, 11) is 0. The van der Waals surface area contributed by atoms with Crippen LogP contribution in [0.3, 0.4) is 0 Å². The zero-order chi connectivity index (χ0) is 15.8. The third-order valence-electron chi connectivity index (χ3n) is 2.28. The molecule has 0 heterocycles. The second-order valence-electron chi connectivity index (χ2n) is 3.44. The Bertz CT molecular complexity index is 538. The molecule has 0 spiro atoms. The van der Waals surface area contributed by atoms with Crippen LogP contribution in [0.1, 0.15) is 31.1 Å². The average Bonchev–Trinajstić information content (AvgIpc) is 2.47. The third-order valence-corrected chi connectivity index (χ3v) is 2.28. The van der Waals surface area contributed by atoms with Crippen LogP contribution >= 0.6 is 0 Å². The molecule has 0 radical (unpaired) electrons. The number of benzene rings is 1.